The van der Waals surface area contributed by atoms with Crippen LogP contribution >= 0.6 is 0 Å². The fraction of sp³-hybridized carbons (Fsp3) is 1.00. The minimum atomic E-state index is -4.34. The molecule has 0 aliphatic rings. The lowest BCUT2D eigenvalue weighted by molar-refractivity contribution is -0.131. The fourth-order valence-electron chi connectivity index (χ4n) is 2.84. The first-order valence-electron chi connectivity index (χ1n) is 9.01. The quantitative estimate of drug-likeness (QED) is 0.428. The van der Waals surface area contributed by atoms with Gasteiger partial charge in [-0.05, 0) is 78.4 Å². The lowest BCUT2D eigenvalue weighted by Gasteiger charge is -2.41. The Bertz CT molecular complexity index is 460. The molecular weight excluding hydrogens is 431 g/mol. The molecule has 164 valence electrons. The summed E-state index contributed by atoms with van der Waals surface area (Å²) in [5.41, 5.74) is 0. The van der Waals surface area contributed by atoms with Crippen molar-refractivity contribution in [2.24, 2.45) is 0 Å². The summed E-state index contributed by atoms with van der Waals surface area (Å²) in [4.78, 5) is 22.4. The van der Waals surface area contributed by atoms with Crippen LogP contribution in [0.5, 0.6) is 0 Å². The molecule has 27 heavy (non-hydrogen) atoms. The summed E-state index contributed by atoms with van der Waals surface area (Å²) in [6.45, 7) is 10.3. The first kappa shape index (κ1) is 27.4. The van der Waals surface area contributed by atoms with Crippen molar-refractivity contribution >= 4 is 34.2 Å². The highest BCUT2D eigenvalue weighted by atomic mass is 28.5. The highest BCUT2D eigenvalue weighted by Gasteiger charge is 2.49. The molecule has 2 N–H and O–H groups in total. The zero-order valence-electron chi connectivity index (χ0n) is 17.7. The van der Waals surface area contributed by atoms with Crippen LogP contribution in [-0.4, -0.2) is 75.6 Å². The molecule has 0 bridgehead atoms. The first-order valence-corrected chi connectivity index (χ1v) is 19.8. The van der Waals surface area contributed by atoms with Gasteiger partial charge < -0.3 is 26.8 Å². The largest absolute Gasteiger partial charge is 0.416 e. The normalized spacial score (nSPS) is 18.4. The average molecular weight is 468 g/mol. The second kappa shape index (κ2) is 9.95. The van der Waals surface area contributed by atoms with Gasteiger partial charge in [-0.15, -0.1) is 0 Å². The van der Waals surface area contributed by atoms with Crippen molar-refractivity contribution in [2.75, 3.05) is 20.6 Å². The van der Waals surface area contributed by atoms with Gasteiger partial charge in [0.05, 0.1) is 0 Å². The van der Waals surface area contributed by atoms with Gasteiger partial charge in [0.15, 0.2) is 0 Å². The Labute approximate surface area is 165 Å². The maximum atomic E-state index is 12.8. The number of alkyl halides is 3. The summed E-state index contributed by atoms with van der Waals surface area (Å²) in [5.74, 6) is 0. The Morgan fingerprint density at radius 3 is 1.52 bits per heavy atom. The molecule has 0 saturated carbocycles. The molecule has 0 aromatic carbocycles. The van der Waals surface area contributed by atoms with Crippen LogP contribution in [0, 0.1) is 0 Å². The molecule has 0 aromatic rings. The van der Waals surface area contributed by atoms with Crippen molar-refractivity contribution in [1.29, 1.82) is 0 Å². The van der Waals surface area contributed by atoms with Gasteiger partial charge in [-0.3, -0.25) is 0 Å². The minimum Gasteiger partial charge on any atom is -0.416 e. The lowest BCUT2D eigenvalue weighted by atomic mass is 10.5. The van der Waals surface area contributed by atoms with E-state index in [1.807, 2.05) is 19.0 Å². The Kier molecular flexibility index (Phi) is 10.1. The lowest BCUT2D eigenvalue weighted by Crippen LogP contribution is -2.59. The number of hydrogen-bond acceptors (Lipinski definition) is 6. The molecule has 0 rings (SSSR count). The molecule has 2 unspecified atom stereocenters. The van der Waals surface area contributed by atoms with Gasteiger partial charge >= 0.3 is 40.4 Å². The highest BCUT2D eigenvalue weighted by Crippen LogP contribution is 2.33. The third-order valence-corrected chi connectivity index (χ3v) is 16.8. The molecule has 0 amide bonds. The van der Waals surface area contributed by atoms with Gasteiger partial charge in [0, 0.05) is 6.42 Å². The second-order valence-corrected chi connectivity index (χ2v) is 22.3. The van der Waals surface area contributed by atoms with Crippen LogP contribution in [0.25, 0.3) is 0 Å². The summed E-state index contributed by atoms with van der Waals surface area (Å²) >= 11 is 0. The fourth-order valence-corrected chi connectivity index (χ4v) is 19.2. The van der Waals surface area contributed by atoms with Crippen molar-refractivity contribution < 1.29 is 35.1 Å². The predicted molar refractivity (Wildman–Crippen MR) is 109 cm³/mol. The summed E-state index contributed by atoms with van der Waals surface area (Å²) in [6, 6.07) is 0.202. The number of hydrogen-bond donors (Lipinski definition) is 2. The monoisotopic (exact) mass is 467 g/mol. The van der Waals surface area contributed by atoms with Crippen molar-refractivity contribution in [1.82, 2.24) is 4.90 Å². The molecule has 0 spiro atoms. The van der Waals surface area contributed by atoms with Crippen LogP contribution in [0.4, 0.5) is 13.2 Å². The molecule has 0 heterocycles. The summed E-state index contributed by atoms with van der Waals surface area (Å²) in [6.07, 6.45) is -4.65. The van der Waals surface area contributed by atoms with Crippen LogP contribution in [0.3, 0.4) is 0 Å². The van der Waals surface area contributed by atoms with E-state index in [1.165, 1.54) is 13.1 Å². The van der Waals surface area contributed by atoms with E-state index in [0.29, 0.717) is 6.04 Å². The molecule has 0 saturated heterocycles. The van der Waals surface area contributed by atoms with Crippen molar-refractivity contribution in [3.05, 3.63) is 0 Å². The smallest absolute Gasteiger partial charge is 0.389 e. The Hall–Kier alpha value is 0.418. The van der Waals surface area contributed by atoms with Crippen LogP contribution < -0.4 is 0 Å². The molecule has 2 atom stereocenters. The molecule has 0 radical (unpaired) electrons. The van der Waals surface area contributed by atoms with Gasteiger partial charge in [-0.25, -0.2) is 0 Å². The summed E-state index contributed by atoms with van der Waals surface area (Å²) < 4.78 is 56.4. The Morgan fingerprint density at radius 1 is 0.778 bits per heavy atom. The van der Waals surface area contributed by atoms with Crippen molar-refractivity contribution in [3.8, 4) is 0 Å². The van der Waals surface area contributed by atoms with Crippen LogP contribution in [-0.2, 0) is 12.3 Å². The Morgan fingerprint density at radius 2 is 1.19 bits per heavy atom. The predicted octanol–water partition coefficient (Wildman–Crippen LogP) is 3.47. The summed E-state index contributed by atoms with van der Waals surface area (Å²) in [5, 5.41) is 0. The number of nitrogens with zero attached hydrogens (tertiary/aromatic N) is 1. The van der Waals surface area contributed by atoms with E-state index in [9.17, 15) is 22.8 Å². The third-order valence-electron chi connectivity index (χ3n) is 3.46. The molecule has 0 aliphatic heterocycles. The van der Waals surface area contributed by atoms with E-state index in [-0.39, 0.29) is 6.04 Å². The van der Waals surface area contributed by atoms with Crippen LogP contribution in [0.2, 0.25) is 51.4 Å². The summed E-state index contributed by atoms with van der Waals surface area (Å²) in [7, 11) is -8.64. The number of rotatable bonds is 12. The van der Waals surface area contributed by atoms with Crippen LogP contribution in [0.1, 0.15) is 12.8 Å². The topological polar surface area (TPSA) is 71.4 Å². The first-order chi connectivity index (χ1) is 11.7. The van der Waals surface area contributed by atoms with Crippen molar-refractivity contribution in [3.63, 3.8) is 0 Å². The molecule has 0 fully saturated rings. The third kappa shape index (κ3) is 15.0. The van der Waals surface area contributed by atoms with Gasteiger partial charge in [-0.1, -0.05) is 0 Å². The number of halogens is 3. The maximum Gasteiger partial charge on any atom is 0.389 e. The van der Waals surface area contributed by atoms with E-state index < -0.39 is 46.8 Å². The van der Waals surface area contributed by atoms with E-state index in [1.54, 1.807) is 26.2 Å². The van der Waals surface area contributed by atoms with Crippen molar-refractivity contribution in [2.45, 2.75) is 70.4 Å². The molecule has 0 aliphatic carbocycles. The van der Waals surface area contributed by atoms with E-state index in [2.05, 4.69) is 0 Å². The standard InChI is InChI=1S/C14H36F3NO5Si4/c1-18(2)11-9-12-26(7,21-24(3,4)19)23-27(8,22-25(5,6)20)13-10-14(15,16)17/h19-20H,9-13H2,1-8H3. The molecule has 0 aromatic heterocycles. The Balaban J connectivity index is 5.52. The van der Waals surface area contributed by atoms with Gasteiger partial charge in [0.2, 0.25) is 0 Å². The highest BCUT2D eigenvalue weighted by molar-refractivity contribution is 6.88. The van der Waals surface area contributed by atoms with E-state index in [0.717, 1.165) is 13.0 Å². The second-order valence-electron chi connectivity index (χ2n) is 8.49. The van der Waals surface area contributed by atoms with Gasteiger partial charge in [0.1, 0.15) is 0 Å². The molecular formula is C14H36F3NO5Si4. The average Bonchev–Trinajstić information content (AvgIpc) is 2.29. The zero-order chi connectivity index (χ0) is 21.7. The van der Waals surface area contributed by atoms with Gasteiger partial charge in [-0.2, -0.15) is 13.2 Å². The minimum absolute atomic E-state index is 0.319. The van der Waals surface area contributed by atoms with E-state index in [4.69, 9.17) is 12.3 Å². The van der Waals surface area contributed by atoms with Gasteiger partial charge in [0.25, 0.3) is 0 Å². The SMILES string of the molecule is CN(C)CCC[Si](C)(O[Si](C)(C)O)O[Si](C)(CCC(F)(F)F)O[Si](C)(C)O. The maximum absolute atomic E-state index is 12.8. The molecule has 6 nitrogen and oxygen atoms in total. The van der Waals surface area contributed by atoms with Crippen LogP contribution in [0.15, 0.2) is 0 Å². The zero-order valence-corrected chi connectivity index (χ0v) is 21.7. The van der Waals surface area contributed by atoms with E-state index >= 15 is 0 Å². The molecule has 13 heteroatoms.